The van der Waals surface area contributed by atoms with Gasteiger partial charge < -0.3 is 4.57 Å². The molecule has 4 rings (SSSR count). The highest BCUT2D eigenvalue weighted by Gasteiger charge is 2.29. The van der Waals surface area contributed by atoms with E-state index in [1.165, 1.54) is 10.8 Å². The second kappa shape index (κ2) is 6.30. The first kappa shape index (κ1) is 17.9. The van der Waals surface area contributed by atoms with E-state index in [1.54, 1.807) is 12.1 Å². The molecule has 8 heteroatoms. The van der Waals surface area contributed by atoms with Crippen molar-refractivity contribution in [2.75, 3.05) is 6.26 Å². The molecule has 1 atom stereocenters. The summed E-state index contributed by atoms with van der Waals surface area (Å²) in [4.78, 5) is 17.9. The number of nitrogens with zero attached hydrogens (tertiary/aromatic N) is 4. The van der Waals surface area contributed by atoms with E-state index in [9.17, 15) is 9.00 Å². The molecule has 0 aliphatic heterocycles. The minimum Gasteiger partial charge on any atom is -0.312 e. The molecule has 0 amide bonds. The van der Waals surface area contributed by atoms with Gasteiger partial charge >= 0.3 is 0 Å². The van der Waals surface area contributed by atoms with Gasteiger partial charge in [0.1, 0.15) is 0 Å². The van der Waals surface area contributed by atoms with Crippen LogP contribution in [0.3, 0.4) is 0 Å². The second-order valence-electron chi connectivity index (χ2n) is 7.62. The predicted molar refractivity (Wildman–Crippen MR) is 104 cm³/mol. The van der Waals surface area contributed by atoms with Gasteiger partial charge in [-0.2, -0.15) is 9.50 Å². The maximum atomic E-state index is 12.8. The van der Waals surface area contributed by atoms with Gasteiger partial charge in [-0.3, -0.25) is 4.79 Å². The van der Waals surface area contributed by atoms with Crippen LogP contribution in [-0.2, 0) is 16.3 Å². The Bertz CT molecular complexity index is 1170. The van der Waals surface area contributed by atoms with Gasteiger partial charge in [0.15, 0.2) is 5.82 Å². The molecule has 0 saturated heterocycles. The molecule has 0 bridgehead atoms. The van der Waals surface area contributed by atoms with Crippen molar-refractivity contribution in [2.45, 2.75) is 50.0 Å². The number of rotatable bonds is 5. The summed E-state index contributed by atoms with van der Waals surface area (Å²) in [5, 5.41) is 4.48. The van der Waals surface area contributed by atoms with Gasteiger partial charge in [-0.05, 0) is 36.5 Å². The molecule has 27 heavy (non-hydrogen) atoms. The third-order valence-corrected chi connectivity index (χ3v) is 6.06. The molecule has 1 unspecified atom stereocenters. The molecule has 0 radical (unpaired) electrons. The summed E-state index contributed by atoms with van der Waals surface area (Å²) in [6.07, 6.45) is 5.44. The quantitative estimate of drug-likeness (QED) is 0.731. The monoisotopic (exact) mass is 385 g/mol. The summed E-state index contributed by atoms with van der Waals surface area (Å²) in [6, 6.07) is 7.20. The molecule has 1 saturated carbocycles. The summed E-state index contributed by atoms with van der Waals surface area (Å²) in [7, 11) is -2.72. The second-order valence-corrected chi connectivity index (χ2v) is 9.77. The van der Waals surface area contributed by atoms with Crippen molar-refractivity contribution in [3.05, 3.63) is 57.8 Å². The number of fused-ring (bicyclic) bond motifs is 1. The lowest BCUT2D eigenvalue weighted by Gasteiger charge is -2.12. The summed E-state index contributed by atoms with van der Waals surface area (Å²) < 4.78 is 22.9. The molecular weight excluding hydrogens is 362 g/mol. The first-order valence-electron chi connectivity index (χ1n) is 9.07. The molecule has 142 valence electrons. The molecule has 7 nitrogen and oxygen atoms in total. The van der Waals surface area contributed by atoms with E-state index in [4.69, 9.17) is 4.78 Å². The van der Waals surface area contributed by atoms with Gasteiger partial charge in [-0.25, -0.2) is 8.99 Å². The maximum absolute atomic E-state index is 12.8. The highest BCUT2D eigenvalue weighted by molar-refractivity contribution is 7.91. The van der Waals surface area contributed by atoms with Crippen molar-refractivity contribution in [1.82, 2.24) is 19.2 Å². The molecule has 1 fully saturated rings. The highest BCUT2D eigenvalue weighted by Crippen LogP contribution is 2.38. The Hall–Kier alpha value is -2.48. The van der Waals surface area contributed by atoms with Crippen LogP contribution in [0.2, 0.25) is 0 Å². The standard InChI is InChI=1S/C19H23N5O2S/c1-12(2)16-11-23(10-13-4-8-15(9-5-13)27(3,20)26)19-21-17(14-6-7-14)22-24(19)18(16)25/h4-5,8-9,11-12,14,20H,6-7,10H2,1-3H3. The fourth-order valence-electron chi connectivity index (χ4n) is 3.12. The van der Waals surface area contributed by atoms with Crippen LogP contribution in [0.15, 0.2) is 40.2 Å². The molecule has 0 spiro atoms. The van der Waals surface area contributed by atoms with E-state index in [0.29, 0.717) is 28.7 Å². The van der Waals surface area contributed by atoms with E-state index in [1.807, 2.05) is 36.7 Å². The van der Waals surface area contributed by atoms with E-state index in [2.05, 4.69) is 10.1 Å². The Morgan fingerprint density at radius 3 is 2.48 bits per heavy atom. The molecular formula is C19H23N5O2S. The average Bonchev–Trinajstić information content (AvgIpc) is 3.35. The minimum atomic E-state index is -2.72. The van der Waals surface area contributed by atoms with Crippen LogP contribution in [0.4, 0.5) is 0 Å². The van der Waals surface area contributed by atoms with Gasteiger partial charge in [-0.15, -0.1) is 5.10 Å². The smallest absolute Gasteiger partial charge is 0.279 e. The molecule has 1 aliphatic rings. The van der Waals surface area contributed by atoms with Crippen LogP contribution in [0, 0.1) is 4.78 Å². The molecule has 1 N–H and O–H groups in total. The van der Waals surface area contributed by atoms with Crippen LogP contribution in [0.5, 0.6) is 0 Å². The molecule has 1 aromatic carbocycles. The normalized spacial score (nSPS) is 16.7. The van der Waals surface area contributed by atoms with Gasteiger partial charge in [-0.1, -0.05) is 26.0 Å². The number of hydrogen-bond donors (Lipinski definition) is 1. The van der Waals surface area contributed by atoms with Gasteiger partial charge in [0.2, 0.25) is 5.78 Å². The van der Waals surface area contributed by atoms with Crippen LogP contribution in [-0.4, -0.2) is 29.6 Å². The van der Waals surface area contributed by atoms with Crippen molar-refractivity contribution in [3.8, 4) is 0 Å². The molecule has 2 aromatic heterocycles. The van der Waals surface area contributed by atoms with E-state index in [0.717, 1.165) is 24.2 Å². The van der Waals surface area contributed by atoms with Gasteiger partial charge in [0.25, 0.3) is 5.56 Å². The zero-order valence-corrected chi connectivity index (χ0v) is 16.5. The van der Waals surface area contributed by atoms with Crippen molar-refractivity contribution in [3.63, 3.8) is 0 Å². The van der Waals surface area contributed by atoms with Crippen LogP contribution < -0.4 is 5.56 Å². The lowest BCUT2D eigenvalue weighted by atomic mass is 10.1. The maximum Gasteiger partial charge on any atom is 0.279 e. The van der Waals surface area contributed by atoms with E-state index < -0.39 is 9.73 Å². The topological polar surface area (TPSA) is 93.1 Å². The first-order chi connectivity index (χ1) is 12.7. The largest absolute Gasteiger partial charge is 0.312 e. The fraction of sp³-hybridized carbons (Fsp3) is 0.421. The number of hydrogen-bond acceptors (Lipinski definition) is 5. The van der Waals surface area contributed by atoms with Crippen LogP contribution in [0.25, 0.3) is 5.78 Å². The third kappa shape index (κ3) is 3.41. The van der Waals surface area contributed by atoms with Crippen LogP contribution in [0.1, 0.15) is 55.5 Å². The lowest BCUT2D eigenvalue weighted by Crippen LogP contribution is -2.24. The zero-order valence-electron chi connectivity index (χ0n) is 15.7. The SMILES string of the molecule is CC(C)c1cn(Cc2ccc(S(C)(=N)=O)cc2)c2nc(C3CC3)nn2c1=O. The predicted octanol–water partition coefficient (Wildman–Crippen LogP) is 2.98. The Balaban J connectivity index is 1.80. The summed E-state index contributed by atoms with van der Waals surface area (Å²) >= 11 is 0. The average molecular weight is 385 g/mol. The summed E-state index contributed by atoms with van der Waals surface area (Å²) in [6.45, 7) is 4.51. The minimum absolute atomic E-state index is 0.0807. The number of nitrogens with one attached hydrogen (secondary N) is 1. The molecule has 1 aliphatic carbocycles. The molecule has 3 aromatic rings. The lowest BCUT2D eigenvalue weighted by molar-refractivity contribution is 0.678. The summed E-state index contributed by atoms with van der Waals surface area (Å²) in [5.74, 6) is 1.75. The van der Waals surface area contributed by atoms with Crippen molar-refractivity contribution in [2.24, 2.45) is 0 Å². The van der Waals surface area contributed by atoms with E-state index in [-0.39, 0.29) is 11.5 Å². The Morgan fingerprint density at radius 1 is 1.26 bits per heavy atom. The van der Waals surface area contributed by atoms with Crippen molar-refractivity contribution < 1.29 is 4.21 Å². The first-order valence-corrected chi connectivity index (χ1v) is 11.0. The van der Waals surface area contributed by atoms with Crippen LogP contribution >= 0.6 is 0 Å². The Labute approximate surface area is 158 Å². The Morgan fingerprint density at radius 2 is 1.93 bits per heavy atom. The number of aromatic nitrogens is 4. The van der Waals surface area contributed by atoms with Gasteiger partial charge in [0, 0.05) is 28.8 Å². The highest BCUT2D eigenvalue weighted by atomic mass is 32.2. The van der Waals surface area contributed by atoms with E-state index >= 15 is 0 Å². The Kier molecular flexibility index (Phi) is 4.18. The van der Waals surface area contributed by atoms with Gasteiger partial charge in [0.05, 0.1) is 16.3 Å². The number of benzene rings is 1. The van der Waals surface area contributed by atoms with Crippen molar-refractivity contribution in [1.29, 1.82) is 4.78 Å². The van der Waals surface area contributed by atoms with Crippen molar-refractivity contribution >= 4 is 15.5 Å². The third-order valence-electron chi connectivity index (χ3n) is 4.89. The zero-order chi connectivity index (χ0) is 19.3. The summed E-state index contributed by atoms with van der Waals surface area (Å²) in [5.41, 5.74) is 1.58. The molecule has 2 heterocycles. The fourth-order valence-corrected chi connectivity index (χ4v) is 3.78.